The monoisotopic (exact) mass is 936 g/mol. The topological polar surface area (TPSA) is 178 Å². The van der Waals surface area contributed by atoms with E-state index in [4.69, 9.17) is 4.98 Å². The van der Waals surface area contributed by atoms with E-state index < -0.39 is 12.1 Å². The molecule has 3 unspecified atom stereocenters. The molecule has 5 aromatic rings. The zero-order valence-electron chi connectivity index (χ0n) is 39.7. The summed E-state index contributed by atoms with van der Waals surface area (Å²) in [4.78, 5) is 84.8. The van der Waals surface area contributed by atoms with E-state index in [1.165, 1.54) is 0 Å². The second-order valence-corrected chi connectivity index (χ2v) is 18.3. The number of nitrogens with zero attached hydrogens (tertiary/aromatic N) is 6. The molecule has 0 saturated carbocycles. The number of urea groups is 2. The third-order valence-electron chi connectivity index (χ3n) is 13.4. The Labute approximate surface area is 404 Å². The van der Waals surface area contributed by atoms with Crippen LogP contribution in [0.4, 0.5) is 9.59 Å². The van der Waals surface area contributed by atoms with Crippen molar-refractivity contribution in [3.8, 4) is 22.4 Å². The maximum atomic E-state index is 14.3. The largest absolute Gasteiger partial charge is 0.354 e. The van der Waals surface area contributed by atoms with Gasteiger partial charge in [-0.2, -0.15) is 0 Å². The summed E-state index contributed by atoms with van der Waals surface area (Å²) in [6.45, 7) is 6.98. The van der Waals surface area contributed by atoms with Crippen molar-refractivity contribution >= 4 is 29.8 Å². The van der Waals surface area contributed by atoms with Crippen LogP contribution in [0.15, 0.2) is 115 Å². The number of hydrogen-bond acceptors (Lipinski definition) is 8. The first-order valence-electron chi connectivity index (χ1n) is 24.3. The predicted molar refractivity (Wildman–Crippen MR) is 265 cm³/mol. The maximum Gasteiger partial charge on any atom is 0.318 e. The van der Waals surface area contributed by atoms with Crippen LogP contribution in [0.2, 0.25) is 0 Å². The van der Waals surface area contributed by atoms with Gasteiger partial charge in [-0.1, -0.05) is 109 Å². The second-order valence-electron chi connectivity index (χ2n) is 18.3. The number of likely N-dealkylation sites (tertiary alicyclic amines) is 1. The van der Waals surface area contributed by atoms with Gasteiger partial charge in [-0.05, 0) is 73.2 Å². The predicted octanol–water partition coefficient (Wildman–Crippen LogP) is 5.71. The molecule has 3 atom stereocenters. The van der Waals surface area contributed by atoms with Crippen molar-refractivity contribution in [3.63, 3.8) is 0 Å². The standard InChI is InChI=1S/C53H65N11O5/c1-60-28-32-62(33-29-60)52(68)58-47(42-12-5-3-6-13-42)50(66)54-26-10-9-17-46(65)55-36-38-18-20-39(21-19-38)40-22-24-41(25-23-40)44-37-56-49(57-44)45-16-11-27-64(45)51(67)48(43-14-7-4-8-15-43)59-53(69)63-34-30-61(2)31-35-63/h3-8,12-15,18-25,37,45,47-48H,9-11,16-17,26-36H2,1-2H3,(H,54,66)(H,55,65)(H,56,57)(H,58,68)(H,59,69). The summed E-state index contributed by atoms with van der Waals surface area (Å²) in [7, 11) is 4.07. The van der Waals surface area contributed by atoms with E-state index >= 15 is 0 Å². The molecule has 5 N–H and O–H groups in total. The molecule has 16 nitrogen and oxygen atoms in total. The van der Waals surface area contributed by atoms with Crippen LogP contribution in [0.1, 0.15) is 72.7 Å². The first kappa shape index (κ1) is 48.4. The molecule has 1 aromatic heterocycles. The lowest BCUT2D eigenvalue weighted by molar-refractivity contribution is -0.134. The Kier molecular flexibility index (Phi) is 16.4. The molecular weight excluding hydrogens is 871 g/mol. The number of hydrogen-bond donors (Lipinski definition) is 5. The number of carbonyl (C=O) groups is 5. The molecular formula is C53H65N11O5. The number of rotatable bonds is 16. The first-order chi connectivity index (χ1) is 33.6. The lowest BCUT2D eigenvalue weighted by Crippen LogP contribution is -2.53. The molecule has 16 heteroatoms. The molecule has 3 aliphatic rings. The van der Waals surface area contributed by atoms with Crippen LogP contribution in [0.5, 0.6) is 0 Å². The van der Waals surface area contributed by atoms with Crippen molar-refractivity contribution in [2.24, 2.45) is 0 Å². The van der Waals surface area contributed by atoms with Crippen molar-refractivity contribution in [2.45, 2.75) is 56.8 Å². The SMILES string of the molecule is CN1CCN(C(=O)NC(C(=O)NCCCCC(=O)NCc2ccc(-c3ccc(-c4cnc(C5CCCN5C(=O)C(NC(=O)N5CCN(C)CC5)c5ccccc5)[nH]4)cc3)cc2)c2ccccc2)CC1. The van der Waals surface area contributed by atoms with E-state index in [-0.39, 0.29) is 35.8 Å². The van der Waals surface area contributed by atoms with Gasteiger partial charge in [0.05, 0.1) is 17.9 Å². The van der Waals surface area contributed by atoms with Crippen LogP contribution in [-0.4, -0.2) is 144 Å². The summed E-state index contributed by atoms with van der Waals surface area (Å²) in [5.74, 6) is 0.246. The van der Waals surface area contributed by atoms with Gasteiger partial charge >= 0.3 is 12.1 Å². The van der Waals surface area contributed by atoms with Gasteiger partial charge in [-0.25, -0.2) is 14.6 Å². The van der Waals surface area contributed by atoms with E-state index in [0.29, 0.717) is 70.6 Å². The molecule has 362 valence electrons. The lowest BCUT2D eigenvalue weighted by Gasteiger charge is -2.34. The maximum absolute atomic E-state index is 14.3. The number of imidazole rings is 1. The van der Waals surface area contributed by atoms with Crippen LogP contribution in [0, 0.1) is 0 Å². The van der Waals surface area contributed by atoms with Crippen molar-refractivity contribution < 1.29 is 24.0 Å². The third kappa shape index (κ3) is 12.7. The van der Waals surface area contributed by atoms with E-state index in [1.54, 1.807) is 9.80 Å². The molecule has 0 radical (unpaired) electrons. The zero-order chi connectivity index (χ0) is 48.1. The van der Waals surface area contributed by atoms with Gasteiger partial charge in [0.25, 0.3) is 0 Å². The fourth-order valence-corrected chi connectivity index (χ4v) is 9.13. The molecule has 3 aliphatic heterocycles. The highest BCUT2D eigenvalue weighted by molar-refractivity contribution is 5.89. The van der Waals surface area contributed by atoms with Crippen LogP contribution in [0.25, 0.3) is 22.4 Å². The van der Waals surface area contributed by atoms with Gasteiger partial charge in [-0.15, -0.1) is 0 Å². The molecule has 8 rings (SSSR count). The van der Waals surface area contributed by atoms with Crippen molar-refractivity contribution in [3.05, 3.63) is 138 Å². The second kappa shape index (κ2) is 23.3. The lowest BCUT2D eigenvalue weighted by atomic mass is 10.0. The minimum Gasteiger partial charge on any atom is -0.354 e. The Bertz CT molecular complexity index is 2490. The molecule has 0 bridgehead atoms. The average Bonchev–Trinajstić information content (AvgIpc) is 4.09. The van der Waals surface area contributed by atoms with E-state index in [0.717, 1.165) is 78.4 Å². The summed E-state index contributed by atoms with van der Waals surface area (Å²) in [6.07, 6.45) is 4.99. The van der Waals surface area contributed by atoms with Gasteiger partial charge in [0.1, 0.15) is 17.9 Å². The average molecular weight is 936 g/mol. The van der Waals surface area contributed by atoms with Crippen LogP contribution in [0.3, 0.4) is 0 Å². The highest BCUT2D eigenvalue weighted by atomic mass is 16.2. The Hall–Kier alpha value is -7.04. The normalized spacial score (nSPS) is 17.5. The molecule has 4 heterocycles. The summed E-state index contributed by atoms with van der Waals surface area (Å²) in [5.41, 5.74) is 6.37. The Morgan fingerprint density at radius 1 is 0.623 bits per heavy atom. The fourth-order valence-electron chi connectivity index (χ4n) is 9.13. The zero-order valence-corrected chi connectivity index (χ0v) is 39.7. The summed E-state index contributed by atoms with van der Waals surface area (Å²) >= 11 is 0. The van der Waals surface area contributed by atoms with Crippen molar-refractivity contribution in [1.82, 2.24) is 55.7 Å². The van der Waals surface area contributed by atoms with Crippen LogP contribution < -0.4 is 21.3 Å². The number of amides is 7. The minimum absolute atomic E-state index is 0.0570. The van der Waals surface area contributed by atoms with Gasteiger partial charge in [0.15, 0.2) is 0 Å². The number of nitrogens with one attached hydrogen (secondary N) is 5. The van der Waals surface area contributed by atoms with E-state index in [1.807, 2.05) is 110 Å². The Balaban J connectivity index is 0.784. The van der Waals surface area contributed by atoms with Gasteiger partial charge < -0.3 is 50.8 Å². The van der Waals surface area contributed by atoms with Crippen LogP contribution in [-0.2, 0) is 20.9 Å². The molecule has 4 aromatic carbocycles. The minimum atomic E-state index is -0.811. The van der Waals surface area contributed by atoms with Crippen molar-refractivity contribution in [2.75, 3.05) is 79.5 Å². The number of H-pyrrole nitrogens is 1. The third-order valence-corrected chi connectivity index (χ3v) is 13.4. The molecule has 0 aliphatic carbocycles. The molecule has 69 heavy (non-hydrogen) atoms. The highest BCUT2D eigenvalue weighted by Crippen LogP contribution is 2.34. The number of piperazine rings is 2. The summed E-state index contributed by atoms with van der Waals surface area (Å²) in [5, 5.41) is 12.0. The van der Waals surface area contributed by atoms with E-state index in [2.05, 4.69) is 60.3 Å². The van der Waals surface area contributed by atoms with Crippen LogP contribution >= 0.6 is 0 Å². The molecule has 3 saturated heterocycles. The number of benzene rings is 4. The summed E-state index contributed by atoms with van der Waals surface area (Å²) in [6, 6.07) is 32.7. The van der Waals surface area contributed by atoms with Crippen molar-refractivity contribution in [1.29, 1.82) is 0 Å². The van der Waals surface area contributed by atoms with Gasteiger partial charge in [0, 0.05) is 78.4 Å². The Morgan fingerprint density at radius 2 is 1.16 bits per heavy atom. The number of aromatic amines is 1. The highest BCUT2D eigenvalue weighted by Gasteiger charge is 2.38. The molecule has 0 spiro atoms. The number of carbonyl (C=O) groups excluding carboxylic acids is 5. The fraction of sp³-hybridized carbons (Fsp3) is 0.396. The number of likely N-dealkylation sites (N-methyl/N-ethyl adjacent to an activating group) is 2. The van der Waals surface area contributed by atoms with Gasteiger partial charge in [0.2, 0.25) is 17.7 Å². The molecule has 3 fully saturated rings. The quantitative estimate of drug-likeness (QED) is 0.0782. The number of aromatic nitrogens is 2. The van der Waals surface area contributed by atoms with E-state index in [9.17, 15) is 24.0 Å². The first-order valence-corrected chi connectivity index (χ1v) is 24.3. The molecule has 7 amide bonds. The summed E-state index contributed by atoms with van der Waals surface area (Å²) < 4.78 is 0. The smallest absolute Gasteiger partial charge is 0.318 e. The number of unbranched alkanes of at least 4 members (excludes halogenated alkanes) is 1. The Morgan fingerprint density at radius 3 is 1.75 bits per heavy atom. The van der Waals surface area contributed by atoms with Gasteiger partial charge in [-0.3, -0.25) is 14.4 Å².